The average molecular weight is 360 g/mol. The molecule has 3 aromatic rings. The Labute approximate surface area is 150 Å². The van der Waals surface area contributed by atoms with Crippen molar-refractivity contribution in [1.82, 2.24) is 10.1 Å². The van der Waals surface area contributed by atoms with Crippen LogP contribution < -0.4 is 14.8 Å². The number of nitrogens with one attached hydrogen (secondary N) is 1. The molecule has 1 aromatic heterocycles. The molecular formula is C18H18ClN3O3. The van der Waals surface area contributed by atoms with Crippen LogP contribution >= 0.6 is 11.6 Å². The summed E-state index contributed by atoms with van der Waals surface area (Å²) < 4.78 is 15.9. The lowest BCUT2D eigenvalue weighted by Gasteiger charge is -2.08. The summed E-state index contributed by atoms with van der Waals surface area (Å²) in [5.41, 5.74) is 2.63. The first-order chi connectivity index (χ1) is 12.1. The Morgan fingerprint density at radius 1 is 1.16 bits per heavy atom. The second kappa shape index (κ2) is 7.44. The van der Waals surface area contributed by atoms with Crippen molar-refractivity contribution >= 4 is 17.3 Å². The number of ether oxygens (including phenoxy) is 2. The Kier molecular flexibility index (Phi) is 5.09. The molecule has 0 aliphatic rings. The van der Waals surface area contributed by atoms with Gasteiger partial charge in [0.2, 0.25) is 11.7 Å². The standard InChI is InChI=1S/C18H18ClN3O3/c1-11-14(19)5-4-6-15(11)20-10-17-21-18(22-25-17)13-8-7-12(23-2)9-16(13)24-3/h4-9,20H,10H2,1-3H3. The van der Waals surface area contributed by atoms with Crippen molar-refractivity contribution in [2.75, 3.05) is 19.5 Å². The predicted octanol–water partition coefficient (Wildman–Crippen LogP) is 4.33. The van der Waals surface area contributed by atoms with Gasteiger partial charge in [-0.05, 0) is 36.8 Å². The number of methoxy groups -OCH3 is 2. The lowest BCUT2D eigenvalue weighted by molar-refractivity contribution is 0.382. The lowest BCUT2D eigenvalue weighted by Crippen LogP contribution is -2.01. The topological polar surface area (TPSA) is 69.4 Å². The number of nitrogens with zero attached hydrogens (tertiary/aromatic N) is 2. The summed E-state index contributed by atoms with van der Waals surface area (Å²) in [6.07, 6.45) is 0. The lowest BCUT2D eigenvalue weighted by atomic mass is 10.2. The van der Waals surface area contributed by atoms with Gasteiger partial charge in [0, 0.05) is 16.8 Å². The van der Waals surface area contributed by atoms with Gasteiger partial charge in [-0.2, -0.15) is 4.98 Å². The summed E-state index contributed by atoms with van der Waals surface area (Å²) in [5.74, 6) is 2.24. The molecule has 0 aliphatic heterocycles. The summed E-state index contributed by atoms with van der Waals surface area (Å²) in [7, 11) is 3.19. The number of anilines is 1. The largest absolute Gasteiger partial charge is 0.497 e. The Hall–Kier alpha value is -2.73. The molecule has 0 bridgehead atoms. The molecule has 0 saturated carbocycles. The van der Waals surface area contributed by atoms with Crippen LogP contribution in [0.3, 0.4) is 0 Å². The van der Waals surface area contributed by atoms with Gasteiger partial charge >= 0.3 is 0 Å². The second-order valence-electron chi connectivity index (χ2n) is 5.34. The smallest absolute Gasteiger partial charge is 0.246 e. The molecule has 0 fully saturated rings. The van der Waals surface area contributed by atoms with Crippen LogP contribution in [0.2, 0.25) is 5.02 Å². The Morgan fingerprint density at radius 2 is 2.00 bits per heavy atom. The predicted molar refractivity (Wildman–Crippen MR) is 96.4 cm³/mol. The summed E-state index contributed by atoms with van der Waals surface area (Å²) >= 11 is 6.12. The molecule has 25 heavy (non-hydrogen) atoms. The van der Waals surface area contributed by atoms with Crippen LogP contribution in [0.4, 0.5) is 5.69 Å². The zero-order valence-electron chi connectivity index (χ0n) is 14.2. The molecule has 0 radical (unpaired) electrons. The van der Waals surface area contributed by atoms with E-state index in [0.29, 0.717) is 34.8 Å². The molecule has 0 unspecified atom stereocenters. The fourth-order valence-corrected chi connectivity index (χ4v) is 2.56. The molecule has 0 aliphatic carbocycles. The van der Waals surface area contributed by atoms with Crippen molar-refractivity contribution in [3.05, 3.63) is 52.9 Å². The van der Waals surface area contributed by atoms with Crippen LogP contribution in [-0.2, 0) is 6.54 Å². The molecule has 0 saturated heterocycles. The third-order valence-electron chi connectivity index (χ3n) is 3.82. The molecule has 0 amide bonds. The van der Waals surface area contributed by atoms with E-state index >= 15 is 0 Å². The molecule has 1 heterocycles. The quantitative estimate of drug-likeness (QED) is 0.706. The molecule has 130 valence electrons. The first-order valence-electron chi connectivity index (χ1n) is 7.66. The third kappa shape index (κ3) is 3.69. The highest BCUT2D eigenvalue weighted by Gasteiger charge is 2.14. The van der Waals surface area contributed by atoms with Crippen LogP contribution in [0.25, 0.3) is 11.4 Å². The Morgan fingerprint density at radius 3 is 2.76 bits per heavy atom. The Balaban J connectivity index is 1.78. The normalized spacial score (nSPS) is 10.6. The van der Waals surface area contributed by atoms with E-state index in [-0.39, 0.29) is 0 Å². The van der Waals surface area contributed by atoms with Gasteiger partial charge in [0.25, 0.3) is 0 Å². The summed E-state index contributed by atoms with van der Waals surface area (Å²) in [6.45, 7) is 2.35. The van der Waals surface area contributed by atoms with Gasteiger partial charge in [-0.25, -0.2) is 0 Å². The minimum Gasteiger partial charge on any atom is -0.497 e. The van der Waals surface area contributed by atoms with Crippen molar-refractivity contribution in [2.45, 2.75) is 13.5 Å². The molecule has 1 N–H and O–H groups in total. The van der Waals surface area contributed by atoms with Gasteiger partial charge in [-0.15, -0.1) is 0 Å². The molecular weight excluding hydrogens is 342 g/mol. The minimum atomic E-state index is 0.395. The Bertz CT molecular complexity index is 880. The number of hydrogen-bond acceptors (Lipinski definition) is 6. The van der Waals surface area contributed by atoms with E-state index in [9.17, 15) is 0 Å². The van der Waals surface area contributed by atoms with Crippen molar-refractivity contribution in [3.63, 3.8) is 0 Å². The van der Waals surface area contributed by atoms with E-state index in [2.05, 4.69) is 15.5 Å². The fraction of sp³-hybridized carbons (Fsp3) is 0.222. The van der Waals surface area contributed by atoms with E-state index in [0.717, 1.165) is 16.8 Å². The second-order valence-corrected chi connectivity index (χ2v) is 5.75. The molecule has 2 aromatic carbocycles. The van der Waals surface area contributed by atoms with E-state index < -0.39 is 0 Å². The van der Waals surface area contributed by atoms with Crippen LogP contribution in [0.1, 0.15) is 11.5 Å². The van der Waals surface area contributed by atoms with Crippen LogP contribution in [-0.4, -0.2) is 24.4 Å². The zero-order chi connectivity index (χ0) is 17.8. The van der Waals surface area contributed by atoms with Gasteiger partial charge in [0.15, 0.2) is 0 Å². The van der Waals surface area contributed by atoms with Crippen LogP contribution in [0, 0.1) is 6.92 Å². The molecule has 7 heteroatoms. The monoisotopic (exact) mass is 359 g/mol. The number of aromatic nitrogens is 2. The van der Waals surface area contributed by atoms with Crippen molar-refractivity contribution in [3.8, 4) is 22.9 Å². The summed E-state index contributed by atoms with van der Waals surface area (Å²) in [4.78, 5) is 4.42. The SMILES string of the molecule is COc1ccc(-c2noc(CNc3cccc(Cl)c3C)n2)c(OC)c1. The van der Waals surface area contributed by atoms with Crippen molar-refractivity contribution in [1.29, 1.82) is 0 Å². The minimum absolute atomic E-state index is 0.395. The first kappa shape index (κ1) is 17.1. The van der Waals surface area contributed by atoms with E-state index in [4.69, 9.17) is 25.6 Å². The number of benzene rings is 2. The molecule has 6 nitrogen and oxygen atoms in total. The number of halogens is 1. The zero-order valence-corrected chi connectivity index (χ0v) is 14.9. The average Bonchev–Trinajstić information content (AvgIpc) is 3.11. The van der Waals surface area contributed by atoms with Crippen LogP contribution in [0.5, 0.6) is 11.5 Å². The van der Waals surface area contributed by atoms with Gasteiger partial charge in [-0.3, -0.25) is 0 Å². The van der Waals surface area contributed by atoms with E-state index in [1.807, 2.05) is 37.3 Å². The first-order valence-corrected chi connectivity index (χ1v) is 8.04. The molecule has 0 atom stereocenters. The van der Waals surface area contributed by atoms with Gasteiger partial charge in [-0.1, -0.05) is 22.8 Å². The van der Waals surface area contributed by atoms with Crippen LogP contribution in [0.15, 0.2) is 40.9 Å². The maximum Gasteiger partial charge on any atom is 0.246 e. The highest BCUT2D eigenvalue weighted by atomic mass is 35.5. The van der Waals surface area contributed by atoms with Gasteiger partial charge < -0.3 is 19.3 Å². The summed E-state index contributed by atoms with van der Waals surface area (Å²) in [6, 6.07) is 11.1. The van der Waals surface area contributed by atoms with E-state index in [1.54, 1.807) is 20.3 Å². The maximum absolute atomic E-state index is 6.12. The highest BCUT2D eigenvalue weighted by molar-refractivity contribution is 6.31. The fourth-order valence-electron chi connectivity index (χ4n) is 2.39. The maximum atomic E-state index is 6.12. The molecule has 3 rings (SSSR count). The van der Waals surface area contributed by atoms with Crippen molar-refractivity contribution < 1.29 is 14.0 Å². The number of rotatable bonds is 6. The molecule has 0 spiro atoms. The van der Waals surface area contributed by atoms with Crippen molar-refractivity contribution in [2.24, 2.45) is 0 Å². The summed E-state index contributed by atoms with van der Waals surface area (Å²) in [5, 5.41) is 7.99. The van der Waals surface area contributed by atoms with Gasteiger partial charge in [0.05, 0.1) is 26.3 Å². The number of hydrogen-bond donors (Lipinski definition) is 1. The third-order valence-corrected chi connectivity index (χ3v) is 4.22. The van der Waals surface area contributed by atoms with Gasteiger partial charge in [0.1, 0.15) is 11.5 Å². The highest BCUT2D eigenvalue weighted by Crippen LogP contribution is 2.31. The van der Waals surface area contributed by atoms with E-state index in [1.165, 1.54) is 0 Å².